The molecule has 0 radical (unpaired) electrons. The molecule has 1 unspecified atom stereocenters. The van der Waals surface area contributed by atoms with Crippen LogP contribution in [0.3, 0.4) is 0 Å². The molecular weight excluding hydrogens is 194 g/mol. The molecule has 1 N–H and O–H groups in total. The molecule has 0 spiro atoms. The Labute approximate surface area is 102 Å². The summed E-state index contributed by atoms with van der Waals surface area (Å²) >= 11 is 0. The number of nitrogens with one attached hydrogen (secondary N) is 1. The molecule has 96 valence electrons. The van der Waals surface area contributed by atoms with Crippen LogP contribution in [0.5, 0.6) is 0 Å². The highest BCUT2D eigenvalue weighted by Gasteiger charge is 2.40. The third kappa shape index (κ3) is 3.48. The van der Waals surface area contributed by atoms with Gasteiger partial charge in [0, 0.05) is 6.04 Å². The summed E-state index contributed by atoms with van der Waals surface area (Å²) in [6.45, 7) is 10.6. The first-order valence-electron chi connectivity index (χ1n) is 7.38. The zero-order valence-corrected chi connectivity index (χ0v) is 11.8. The molecule has 0 amide bonds. The second-order valence-corrected chi connectivity index (χ2v) is 6.08. The molecule has 1 aliphatic rings. The minimum atomic E-state index is 0.623. The van der Waals surface area contributed by atoms with Crippen LogP contribution in [0.15, 0.2) is 0 Å². The van der Waals surface area contributed by atoms with Crippen molar-refractivity contribution in [1.29, 1.82) is 0 Å². The van der Waals surface area contributed by atoms with E-state index in [-0.39, 0.29) is 0 Å². The van der Waals surface area contributed by atoms with E-state index in [1.165, 1.54) is 51.5 Å². The summed E-state index contributed by atoms with van der Waals surface area (Å²) in [5.74, 6) is 0.843. The third-order valence-corrected chi connectivity index (χ3v) is 4.20. The molecule has 1 rings (SSSR count). The lowest BCUT2D eigenvalue weighted by molar-refractivity contribution is 0.151. The molecule has 0 bridgehead atoms. The fourth-order valence-corrected chi connectivity index (χ4v) is 3.70. The number of hydrogen-bond donors (Lipinski definition) is 1. The molecule has 0 aromatic rings. The predicted molar refractivity (Wildman–Crippen MR) is 72.7 cm³/mol. The van der Waals surface area contributed by atoms with Crippen LogP contribution in [0.25, 0.3) is 0 Å². The molecule has 0 aromatic heterocycles. The van der Waals surface area contributed by atoms with Crippen molar-refractivity contribution in [3.8, 4) is 0 Å². The molecule has 1 saturated carbocycles. The minimum Gasteiger partial charge on any atom is -0.313 e. The zero-order valence-electron chi connectivity index (χ0n) is 11.8. The SMILES string of the molecule is CCCNC(CC)C1(CC(C)C)CCCC1. The van der Waals surface area contributed by atoms with Gasteiger partial charge >= 0.3 is 0 Å². The van der Waals surface area contributed by atoms with Gasteiger partial charge in [0.2, 0.25) is 0 Å². The molecule has 0 saturated heterocycles. The van der Waals surface area contributed by atoms with Crippen molar-refractivity contribution in [2.24, 2.45) is 11.3 Å². The first-order chi connectivity index (χ1) is 7.64. The van der Waals surface area contributed by atoms with E-state index in [1.54, 1.807) is 0 Å². The van der Waals surface area contributed by atoms with Gasteiger partial charge in [-0.2, -0.15) is 0 Å². The van der Waals surface area contributed by atoms with Crippen LogP contribution >= 0.6 is 0 Å². The molecule has 16 heavy (non-hydrogen) atoms. The molecule has 1 nitrogen and oxygen atoms in total. The molecule has 1 heteroatoms. The summed E-state index contributed by atoms with van der Waals surface area (Å²) in [6.07, 6.45) is 9.80. The largest absolute Gasteiger partial charge is 0.313 e. The third-order valence-electron chi connectivity index (χ3n) is 4.20. The van der Waals surface area contributed by atoms with Crippen molar-refractivity contribution in [2.75, 3.05) is 6.54 Å². The van der Waals surface area contributed by atoms with Crippen molar-refractivity contribution >= 4 is 0 Å². The molecule has 0 heterocycles. The lowest BCUT2D eigenvalue weighted by Crippen LogP contribution is -2.44. The van der Waals surface area contributed by atoms with Crippen LogP contribution in [0.1, 0.15) is 72.6 Å². The minimum absolute atomic E-state index is 0.623. The van der Waals surface area contributed by atoms with Crippen molar-refractivity contribution in [3.05, 3.63) is 0 Å². The first kappa shape index (κ1) is 14.0. The van der Waals surface area contributed by atoms with E-state index in [9.17, 15) is 0 Å². The van der Waals surface area contributed by atoms with E-state index in [1.807, 2.05) is 0 Å². The molecular formula is C15H31N. The van der Waals surface area contributed by atoms with Crippen molar-refractivity contribution in [2.45, 2.75) is 78.7 Å². The standard InChI is InChI=1S/C15H31N/c1-5-11-16-14(6-2)15(12-13(3)4)9-7-8-10-15/h13-14,16H,5-12H2,1-4H3. The van der Waals surface area contributed by atoms with Gasteiger partial charge in [0.25, 0.3) is 0 Å². The zero-order chi connectivity index (χ0) is 12.0. The van der Waals surface area contributed by atoms with E-state index < -0.39 is 0 Å². The Balaban J connectivity index is 2.65. The van der Waals surface area contributed by atoms with Gasteiger partial charge in [-0.15, -0.1) is 0 Å². The van der Waals surface area contributed by atoms with Gasteiger partial charge in [-0.25, -0.2) is 0 Å². The topological polar surface area (TPSA) is 12.0 Å². The first-order valence-corrected chi connectivity index (χ1v) is 7.38. The Bertz CT molecular complexity index is 180. The molecule has 1 aliphatic carbocycles. The van der Waals surface area contributed by atoms with Crippen LogP contribution in [0.2, 0.25) is 0 Å². The van der Waals surface area contributed by atoms with E-state index in [0.717, 1.165) is 12.0 Å². The molecule has 0 aromatic carbocycles. The maximum atomic E-state index is 3.81. The van der Waals surface area contributed by atoms with E-state index in [4.69, 9.17) is 0 Å². The Morgan fingerprint density at radius 2 is 1.75 bits per heavy atom. The lowest BCUT2D eigenvalue weighted by Gasteiger charge is -2.39. The summed E-state index contributed by atoms with van der Waals surface area (Å²) in [5.41, 5.74) is 0.623. The van der Waals surface area contributed by atoms with Crippen molar-refractivity contribution < 1.29 is 0 Å². The smallest absolute Gasteiger partial charge is 0.0121 e. The summed E-state index contributed by atoms with van der Waals surface area (Å²) < 4.78 is 0. The normalized spacial score (nSPS) is 21.6. The fraction of sp³-hybridized carbons (Fsp3) is 1.00. The number of hydrogen-bond acceptors (Lipinski definition) is 1. The van der Waals surface area contributed by atoms with E-state index in [2.05, 4.69) is 33.0 Å². The highest BCUT2D eigenvalue weighted by Crippen LogP contribution is 2.46. The van der Waals surface area contributed by atoms with Crippen LogP contribution in [-0.2, 0) is 0 Å². The van der Waals surface area contributed by atoms with Crippen LogP contribution < -0.4 is 5.32 Å². The van der Waals surface area contributed by atoms with E-state index >= 15 is 0 Å². The Kier molecular flexibility index (Phi) is 5.82. The quantitative estimate of drug-likeness (QED) is 0.678. The second kappa shape index (κ2) is 6.64. The summed E-state index contributed by atoms with van der Waals surface area (Å²) in [4.78, 5) is 0. The Hall–Kier alpha value is -0.0400. The maximum absolute atomic E-state index is 3.81. The predicted octanol–water partition coefficient (Wildman–Crippen LogP) is 4.37. The average Bonchev–Trinajstić information content (AvgIpc) is 2.67. The van der Waals surface area contributed by atoms with Gasteiger partial charge in [0.15, 0.2) is 0 Å². The second-order valence-electron chi connectivity index (χ2n) is 6.08. The van der Waals surface area contributed by atoms with Crippen LogP contribution in [0, 0.1) is 11.3 Å². The van der Waals surface area contributed by atoms with Gasteiger partial charge in [0.1, 0.15) is 0 Å². The monoisotopic (exact) mass is 225 g/mol. The van der Waals surface area contributed by atoms with Gasteiger partial charge in [-0.3, -0.25) is 0 Å². The van der Waals surface area contributed by atoms with Crippen molar-refractivity contribution in [1.82, 2.24) is 5.32 Å². The maximum Gasteiger partial charge on any atom is 0.0121 e. The van der Waals surface area contributed by atoms with Gasteiger partial charge in [0.05, 0.1) is 0 Å². The van der Waals surface area contributed by atoms with Gasteiger partial charge < -0.3 is 5.32 Å². The van der Waals surface area contributed by atoms with Crippen LogP contribution in [0.4, 0.5) is 0 Å². The Morgan fingerprint density at radius 1 is 1.12 bits per heavy atom. The number of rotatable bonds is 7. The van der Waals surface area contributed by atoms with Crippen LogP contribution in [-0.4, -0.2) is 12.6 Å². The van der Waals surface area contributed by atoms with E-state index in [0.29, 0.717) is 5.41 Å². The van der Waals surface area contributed by atoms with Gasteiger partial charge in [-0.1, -0.05) is 40.5 Å². The fourth-order valence-electron chi connectivity index (χ4n) is 3.70. The molecule has 1 fully saturated rings. The Morgan fingerprint density at radius 3 is 2.19 bits per heavy atom. The highest BCUT2D eigenvalue weighted by molar-refractivity contribution is 4.94. The summed E-state index contributed by atoms with van der Waals surface area (Å²) in [7, 11) is 0. The average molecular weight is 225 g/mol. The lowest BCUT2D eigenvalue weighted by atomic mass is 9.71. The van der Waals surface area contributed by atoms with Crippen molar-refractivity contribution in [3.63, 3.8) is 0 Å². The molecule has 0 aliphatic heterocycles. The highest BCUT2D eigenvalue weighted by atomic mass is 14.9. The van der Waals surface area contributed by atoms with Gasteiger partial charge in [-0.05, 0) is 50.0 Å². The molecule has 1 atom stereocenters. The summed E-state index contributed by atoms with van der Waals surface area (Å²) in [5, 5.41) is 3.81. The summed E-state index contributed by atoms with van der Waals surface area (Å²) in [6, 6.07) is 0.761.